The number of benzene rings is 1. The monoisotopic (exact) mass is 395 g/mol. The predicted octanol–water partition coefficient (Wildman–Crippen LogP) is 2.67. The van der Waals surface area contributed by atoms with Crippen molar-refractivity contribution >= 4 is 41.6 Å². The Balaban J connectivity index is 2.17. The van der Waals surface area contributed by atoms with Crippen LogP contribution in [0.1, 0.15) is 30.1 Å². The zero-order valence-corrected chi connectivity index (χ0v) is 14.5. The number of nitrogens with one attached hydrogen (secondary N) is 1. The van der Waals surface area contributed by atoms with Crippen molar-refractivity contribution in [1.82, 2.24) is 5.32 Å². The van der Waals surface area contributed by atoms with Gasteiger partial charge in [0, 0.05) is 33.4 Å². The van der Waals surface area contributed by atoms with Crippen LogP contribution < -0.4 is 5.32 Å². The third kappa shape index (κ3) is 4.67. The van der Waals surface area contributed by atoms with Crippen LogP contribution in [0.15, 0.2) is 27.6 Å². The average molecular weight is 397 g/mol. The second-order valence-corrected chi connectivity index (χ2v) is 8.47. The van der Waals surface area contributed by atoms with E-state index in [4.69, 9.17) is 15.4 Å². The predicted molar refractivity (Wildman–Crippen MR) is 83.1 cm³/mol. The zero-order valence-electron chi connectivity index (χ0n) is 11.3. The smallest absolute Gasteiger partial charge is 0.261 e. The molecular weight excluding hydrogens is 382 g/mol. The number of amides is 1. The molecule has 0 bridgehead atoms. The summed E-state index contributed by atoms with van der Waals surface area (Å²) in [5, 5.41) is 2.89. The van der Waals surface area contributed by atoms with Gasteiger partial charge in [0.15, 0.2) is 0 Å². The van der Waals surface area contributed by atoms with Gasteiger partial charge >= 0.3 is 0 Å². The zero-order chi connectivity index (χ0) is 15.6. The van der Waals surface area contributed by atoms with Crippen LogP contribution in [0.4, 0.5) is 0 Å². The van der Waals surface area contributed by atoms with Gasteiger partial charge in [-0.3, -0.25) is 4.79 Å². The molecule has 0 aliphatic carbocycles. The Morgan fingerprint density at radius 1 is 1.43 bits per heavy atom. The van der Waals surface area contributed by atoms with Crippen molar-refractivity contribution in [1.29, 1.82) is 0 Å². The van der Waals surface area contributed by atoms with Crippen LogP contribution in [0, 0.1) is 0 Å². The fraction of sp³-hybridized carbons (Fsp3) is 0.462. The van der Waals surface area contributed by atoms with E-state index in [2.05, 4.69) is 21.2 Å². The molecule has 1 aromatic carbocycles. The van der Waals surface area contributed by atoms with E-state index < -0.39 is 9.05 Å². The van der Waals surface area contributed by atoms with E-state index in [-0.39, 0.29) is 28.5 Å². The van der Waals surface area contributed by atoms with E-state index in [1.54, 1.807) is 6.07 Å². The summed E-state index contributed by atoms with van der Waals surface area (Å²) in [5.41, 5.74) is 0.253. The molecule has 1 aliphatic heterocycles. The summed E-state index contributed by atoms with van der Waals surface area (Å²) < 4.78 is 28.7. The summed E-state index contributed by atoms with van der Waals surface area (Å²) in [6.45, 7) is 2.56. The highest BCUT2D eigenvalue weighted by Crippen LogP contribution is 2.23. The number of carbonyl (C=O) groups excluding carboxylic acids is 1. The number of rotatable bonds is 3. The Hall–Kier alpha value is -0.630. The molecule has 0 radical (unpaired) electrons. The molecule has 1 aliphatic rings. The van der Waals surface area contributed by atoms with Gasteiger partial charge in [0.2, 0.25) is 0 Å². The molecule has 1 heterocycles. The molecule has 8 heteroatoms. The maximum absolute atomic E-state index is 12.2. The van der Waals surface area contributed by atoms with Gasteiger partial charge in [0.1, 0.15) is 0 Å². The molecule has 1 fully saturated rings. The first-order chi connectivity index (χ1) is 9.75. The Kier molecular flexibility index (Phi) is 5.29. The molecule has 0 spiro atoms. The molecule has 1 N–H and O–H groups in total. The van der Waals surface area contributed by atoms with Gasteiger partial charge in [0.05, 0.1) is 11.0 Å². The first-order valence-corrected chi connectivity index (χ1v) is 9.53. The van der Waals surface area contributed by atoms with Crippen LogP contribution in [0.3, 0.4) is 0 Å². The standard InChI is InChI=1S/C13H15BrClNO4S/c1-8-4-11(2-3-20-8)16-13(17)9-5-10(14)7-12(6-9)21(15,18)19/h5-8,11H,2-4H2,1H3,(H,16,17). The molecule has 1 amide bonds. The van der Waals surface area contributed by atoms with Crippen LogP contribution in [-0.2, 0) is 13.8 Å². The summed E-state index contributed by atoms with van der Waals surface area (Å²) in [6.07, 6.45) is 1.58. The van der Waals surface area contributed by atoms with Gasteiger partial charge in [-0.05, 0) is 38.0 Å². The lowest BCUT2D eigenvalue weighted by Crippen LogP contribution is -2.41. The Morgan fingerprint density at radius 3 is 2.76 bits per heavy atom. The number of hydrogen-bond acceptors (Lipinski definition) is 4. The lowest BCUT2D eigenvalue weighted by Gasteiger charge is -2.28. The van der Waals surface area contributed by atoms with Crippen molar-refractivity contribution in [3.05, 3.63) is 28.2 Å². The van der Waals surface area contributed by atoms with Crippen molar-refractivity contribution < 1.29 is 17.9 Å². The quantitative estimate of drug-likeness (QED) is 0.797. The lowest BCUT2D eigenvalue weighted by molar-refractivity contribution is 0.0136. The van der Waals surface area contributed by atoms with Crippen LogP contribution in [-0.4, -0.2) is 33.1 Å². The molecule has 5 nitrogen and oxygen atoms in total. The van der Waals surface area contributed by atoms with E-state index in [0.717, 1.165) is 12.8 Å². The van der Waals surface area contributed by atoms with Crippen molar-refractivity contribution in [2.45, 2.75) is 36.8 Å². The normalized spacial score (nSPS) is 22.8. The topological polar surface area (TPSA) is 72.5 Å². The Labute approximate surface area is 136 Å². The van der Waals surface area contributed by atoms with Crippen LogP contribution in [0.25, 0.3) is 0 Å². The van der Waals surface area contributed by atoms with Crippen LogP contribution >= 0.6 is 26.6 Å². The average Bonchev–Trinajstić information content (AvgIpc) is 2.37. The highest BCUT2D eigenvalue weighted by Gasteiger charge is 2.22. The van der Waals surface area contributed by atoms with Gasteiger partial charge < -0.3 is 10.1 Å². The third-order valence-corrected chi connectivity index (χ3v) is 5.03. The molecule has 1 aromatic rings. The number of halogens is 2. The van der Waals surface area contributed by atoms with Crippen molar-refractivity contribution in [2.75, 3.05) is 6.61 Å². The highest BCUT2D eigenvalue weighted by atomic mass is 79.9. The summed E-state index contributed by atoms with van der Waals surface area (Å²) in [4.78, 5) is 12.1. The third-order valence-electron chi connectivity index (χ3n) is 3.24. The maximum Gasteiger partial charge on any atom is 0.261 e. The molecule has 1 saturated heterocycles. The SMILES string of the molecule is CC1CC(NC(=O)c2cc(Br)cc(S(=O)(=O)Cl)c2)CCO1. The second-order valence-electron chi connectivity index (χ2n) is 4.99. The minimum Gasteiger partial charge on any atom is -0.378 e. The van der Waals surface area contributed by atoms with Crippen LogP contribution in [0.2, 0.25) is 0 Å². The van der Waals surface area contributed by atoms with Crippen molar-refractivity contribution in [2.24, 2.45) is 0 Å². The Bertz CT molecular complexity index is 650. The van der Waals surface area contributed by atoms with Gasteiger partial charge in [-0.1, -0.05) is 15.9 Å². The lowest BCUT2D eigenvalue weighted by atomic mass is 10.0. The highest BCUT2D eigenvalue weighted by molar-refractivity contribution is 9.10. The first kappa shape index (κ1) is 16.7. The molecule has 2 rings (SSSR count). The maximum atomic E-state index is 12.2. The molecular formula is C13H15BrClNO4S. The van der Waals surface area contributed by atoms with Crippen LogP contribution in [0.5, 0.6) is 0 Å². The van der Waals surface area contributed by atoms with E-state index in [0.29, 0.717) is 11.1 Å². The number of ether oxygens (including phenoxy) is 1. The summed E-state index contributed by atoms with van der Waals surface area (Å²) >= 11 is 3.19. The van der Waals surface area contributed by atoms with E-state index in [1.165, 1.54) is 12.1 Å². The second kappa shape index (κ2) is 6.64. The fourth-order valence-corrected chi connectivity index (χ4v) is 3.68. The van der Waals surface area contributed by atoms with E-state index in [1.807, 2.05) is 6.92 Å². The van der Waals surface area contributed by atoms with Crippen molar-refractivity contribution in [3.8, 4) is 0 Å². The number of carbonyl (C=O) groups is 1. The van der Waals surface area contributed by atoms with Crippen molar-refractivity contribution in [3.63, 3.8) is 0 Å². The van der Waals surface area contributed by atoms with E-state index >= 15 is 0 Å². The summed E-state index contributed by atoms with van der Waals surface area (Å²) in [7, 11) is 1.44. The molecule has 0 aromatic heterocycles. The minimum absolute atomic E-state index is 0.0243. The summed E-state index contributed by atoms with van der Waals surface area (Å²) in [5.74, 6) is -0.322. The Morgan fingerprint density at radius 2 is 2.14 bits per heavy atom. The summed E-state index contributed by atoms with van der Waals surface area (Å²) in [6, 6.07) is 4.21. The largest absolute Gasteiger partial charge is 0.378 e. The number of hydrogen-bond donors (Lipinski definition) is 1. The molecule has 116 valence electrons. The first-order valence-electron chi connectivity index (χ1n) is 6.43. The molecule has 21 heavy (non-hydrogen) atoms. The van der Waals surface area contributed by atoms with Gasteiger partial charge in [0.25, 0.3) is 15.0 Å². The fourth-order valence-electron chi connectivity index (χ4n) is 2.23. The minimum atomic E-state index is -3.88. The molecule has 2 unspecified atom stereocenters. The molecule has 0 saturated carbocycles. The molecule has 2 atom stereocenters. The van der Waals surface area contributed by atoms with E-state index in [9.17, 15) is 13.2 Å². The van der Waals surface area contributed by atoms with Gasteiger partial charge in [-0.25, -0.2) is 8.42 Å². The van der Waals surface area contributed by atoms with Gasteiger partial charge in [-0.15, -0.1) is 0 Å². The van der Waals surface area contributed by atoms with Gasteiger partial charge in [-0.2, -0.15) is 0 Å².